The third-order valence-corrected chi connectivity index (χ3v) is 3.78. The van der Waals surface area contributed by atoms with Crippen LogP contribution in [0.1, 0.15) is 49.5 Å². The van der Waals surface area contributed by atoms with Gasteiger partial charge in [-0.05, 0) is 55.9 Å². The van der Waals surface area contributed by atoms with E-state index in [9.17, 15) is 9.90 Å². The number of aliphatic hydroxyl groups is 1. The molecule has 21 heavy (non-hydrogen) atoms. The highest BCUT2D eigenvalue weighted by molar-refractivity contribution is 5.95. The molecule has 0 aromatic heterocycles. The molecule has 1 aliphatic heterocycles. The first-order chi connectivity index (χ1) is 9.87. The van der Waals surface area contributed by atoms with Gasteiger partial charge >= 0.3 is 0 Å². The number of fused-ring (bicyclic) bond motifs is 1. The maximum atomic E-state index is 12.2. The van der Waals surface area contributed by atoms with Crippen LogP contribution < -0.4 is 10.6 Å². The highest BCUT2D eigenvalue weighted by atomic mass is 16.3. The molecule has 0 fully saturated rings. The molecule has 0 radical (unpaired) electrons. The summed E-state index contributed by atoms with van der Waals surface area (Å²) < 4.78 is 0. The number of amides is 1. The Morgan fingerprint density at radius 1 is 1.48 bits per heavy atom. The third kappa shape index (κ3) is 4.46. The van der Waals surface area contributed by atoms with E-state index in [2.05, 4.69) is 24.5 Å². The Morgan fingerprint density at radius 3 is 2.95 bits per heavy atom. The zero-order chi connectivity index (χ0) is 15.5. The minimum absolute atomic E-state index is 0.118. The number of hydrogen-bond acceptors (Lipinski definition) is 3. The average molecular weight is 290 g/mol. The van der Waals surface area contributed by atoms with Crippen LogP contribution in [-0.4, -0.2) is 29.7 Å². The van der Waals surface area contributed by atoms with Gasteiger partial charge in [0.25, 0.3) is 5.91 Å². The monoisotopic (exact) mass is 290 g/mol. The fourth-order valence-corrected chi connectivity index (χ4v) is 2.94. The number of hydrogen-bond donors (Lipinski definition) is 3. The van der Waals surface area contributed by atoms with Gasteiger partial charge in [-0.2, -0.15) is 0 Å². The van der Waals surface area contributed by atoms with Crippen molar-refractivity contribution in [3.8, 4) is 0 Å². The largest absolute Gasteiger partial charge is 0.388 e. The normalized spacial score (nSPS) is 16.8. The molecule has 116 valence electrons. The Balaban J connectivity index is 1.97. The molecule has 4 nitrogen and oxygen atoms in total. The SMILES string of the molecule is CC(C)CC(C)(O)CNC(=O)c1ccc2c(c1)CCCN2. The molecule has 0 bridgehead atoms. The Hall–Kier alpha value is -1.55. The van der Waals surface area contributed by atoms with Crippen LogP contribution in [-0.2, 0) is 6.42 Å². The van der Waals surface area contributed by atoms with E-state index in [0.29, 0.717) is 17.9 Å². The van der Waals surface area contributed by atoms with Crippen LogP contribution >= 0.6 is 0 Å². The van der Waals surface area contributed by atoms with Crippen LogP contribution in [0.2, 0.25) is 0 Å². The summed E-state index contributed by atoms with van der Waals surface area (Å²) in [5, 5.41) is 16.4. The number of rotatable bonds is 5. The summed E-state index contributed by atoms with van der Waals surface area (Å²) in [5.74, 6) is 0.277. The lowest BCUT2D eigenvalue weighted by atomic mass is 9.94. The number of aryl methyl sites for hydroxylation is 1. The lowest BCUT2D eigenvalue weighted by molar-refractivity contribution is 0.0368. The molecule has 1 aliphatic rings. The summed E-state index contributed by atoms with van der Waals surface area (Å²) >= 11 is 0. The maximum Gasteiger partial charge on any atom is 0.251 e. The topological polar surface area (TPSA) is 61.4 Å². The molecule has 1 amide bonds. The second-order valence-electron chi connectivity index (χ2n) is 6.68. The summed E-state index contributed by atoms with van der Waals surface area (Å²) in [4.78, 5) is 12.2. The van der Waals surface area contributed by atoms with Gasteiger partial charge in [-0.1, -0.05) is 13.8 Å². The van der Waals surface area contributed by atoms with Gasteiger partial charge in [0.05, 0.1) is 5.60 Å². The molecule has 3 N–H and O–H groups in total. The first-order valence-corrected chi connectivity index (χ1v) is 7.75. The molecule has 1 aromatic carbocycles. The number of carbonyl (C=O) groups is 1. The van der Waals surface area contributed by atoms with Gasteiger partial charge in [-0.25, -0.2) is 0 Å². The van der Waals surface area contributed by atoms with Crippen LogP contribution in [0.15, 0.2) is 18.2 Å². The molecule has 1 heterocycles. The molecule has 0 spiro atoms. The fourth-order valence-electron chi connectivity index (χ4n) is 2.94. The van der Waals surface area contributed by atoms with Crippen LogP contribution in [0.3, 0.4) is 0 Å². The third-order valence-electron chi connectivity index (χ3n) is 3.78. The van der Waals surface area contributed by atoms with E-state index >= 15 is 0 Å². The molecule has 1 aromatic rings. The minimum atomic E-state index is -0.862. The van der Waals surface area contributed by atoms with Gasteiger partial charge in [0.15, 0.2) is 0 Å². The van der Waals surface area contributed by atoms with Crippen LogP contribution in [0.25, 0.3) is 0 Å². The van der Waals surface area contributed by atoms with E-state index in [1.165, 1.54) is 5.56 Å². The van der Waals surface area contributed by atoms with Crippen LogP contribution in [0, 0.1) is 5.92 Å². The van der Waals surface area contributed by atoms with E-state index in [1.807, 2.05) is 18.2 Å². The molecule has 4 heteroatoms. The van der Waals surface area contributed by atoms with Crippen molar-refractivity contribution in [2.24, 2.45) is 5.92 Å². The predicted molar refractivity (Wildman–Crippen MR) is 85.7 cm³/mol. The van der Waals surface area contributed by atoms with Crippen molar-refractivity contribution in [3.05, 3.63) is 29.3 Å². The van der Waals surface area contributed by atoms with E-state index in [4.69, 9.17) is 0 Å². The summed E-state index contributed by atoms with van der Waals surface area (Å²) in [5.41, 5.74) is 2.13. The van der Waals surface area contributed by atoms with Crippen molar-refractivity contribution in [3.63, 3.8) is 0 Å². The van der Waals surface area contributed by atoms with Gasteiger partial charge in [-0.3, -0.25) is 4.79 Å². The molecular weight excluding hydrogens is 264 g/mol. The minimum Gasteiger partial charge on any atom is -0.388 e. The summed E-state index contributed by atoms with van der Waals surface area (Å²) in [6, 6.07) is 5.76. The molecular formula is C17H26N2O2. The second kappa shape index (κ2) is 6.48. The predicted octanol–water partition coefficient (Wildman–Crippen LogP) is 2.57. The van der Waals surface area contributed by atoms with Gasteiger partial charge in [0.2, 0.25) is 0 Å². The van der Waals surface area contributed by atoms with Crippen molar-refractivity contribution in [2.75, 3.05) is 18.4 Å². The van der Waals surface area contributed by atoms with E-state index in [-0.39, 0.29) is 12.5 Å². The average Bonchev–Trinajstić information content (AvgIpc) is 2.43. The number of benzene rings is 1. The van der Waals surface area contributed by atoms with Crippen molar-refractivity contribution < 1.29 is 9.90 Å². The lowest BCUT2D eigenvalue weighted by Crippen LogP contribution is -2.41. The Morgan fingerprint density at radius 2 is 2.24 bits per heavy atom. The number of carbonyl (C=O) groups excluding carboxylic acids is 1. The highest BCUT2D eigenvalue weighted by Gasteiger charge is 2.23. The highest BCUT2D eigenvalue weighted by Crippen LogP contribution is 2.23. The summed E-state index contributed by atoms with van der Waals surface area (Å²) in [6.07, 6.45) is 2.77. The fraction of sp³-hybridized carbons (Fsp3) is 0.588. The molecule has 2 rings (SSSR count). The van der Waals surface area contributed by atoms with Gasteiger partial charge in [0.1, 0.15) is 0 Å². The van der Waals surface area contributed by atoms with E-state index in [1.54, 1.807) is 6.92 Å². The Kier molecular flexibility index (Phi) is 4.88. The molecule has 0 saturated heterocycles. The maximum absolute atomic E-state index is 12.2. The summed E-state index contributed by atoms with van der Waals surface area (Å²) in [6.45, 7) is 7.17. The van der Waals surface area contributed by atoms with Gasteiger partial charge in [0, 0.05) is 24.3 Å². The van der Waals surface area contributed by atoms with Crippen LogP contribution in [0.4, 0.5) is 5.69 Å². The molecule has 0 saturated carbocycles. The number of anilines is 1. The van der Waals surface area contributed by atoms with Gasteiger partial charge in [-0.15, -0.1) is 0 Å². The van der Waals surface area contributed by atoms with E-state index < -0.39 is 5.60 Å². The first-order valence-electron chi connectivity index (χ1n) is 7.75. The van der Waals surface area contributed by atoms with Crippen molar-refractivity contribution in [1.82, 2.24) is 5.32 Å². The van der Waals surface area contributed by atoms with E-state index in [0.717, 1.165) is 25.1 Å². The Bertz CT molecular complexity index is 510. The first kappa shape index (κ1) is 15.8. The quantitative estimate of drug-likeness (QED) is 0.781. The van der Waals surface area contributed by atoms with Crippen molar-refractivity contribution in [2.45, 2.75) is 45.6 Å². The molecule has 1 atom stereocenters. The second-order valence-corrected chi connectivity index (χ2v) is 6.68. The standard InChI is InChI=1S/C17H26N2O2/c1-12(2)10-17(3,21)11-19-16(20)14-6-7-15-13(9-14)5-4-8-18-15/h6-7,9,12,18,21H,4-5,8,10-11H2,1-3H3,(H,19,20). The zero-order valence-electron chi connectivity index (χ0n) is 13.2. The van der Waals surface area contributed by atoms with Crippen molar-refractivity contribution >= 4 is 11.6 Å². The van der Waals surface area contributed by atoms with Crippen molar-refractivity contribution in [1.29, 1.82) is 0 Å². The molecule has 0 aliphatic carbocycles. The van der Waals surface area contributed by atoms with Crippen LogP contribution in [0.5, 0.6) is 0 Å². The smallest absolute Gasteiger partial charge is 0.251 e. The molecule has 1 unspecified atom stereocenters. The zero-order valence-corrected chi connectivity index (χ0v) is 13.2. The van der Waals surface area contributed by atoms with Gasteiger partial charge < -0.3 is 15.7 Å². The Labute approximate surface area is 126 Å². The lowest BCUT2D eigenvalue weighted by Gasteiger charge is -2.25. The summed E-state index contributed by atoms with van der Waals surface area (Å²) in [7, 11) is 0. The number of nitrogens with one attached hydrogen (secondary N) is 2.